The number of nitrogens with one attached hydrogen (secondary N) is 3. The average molecular weight is 255 g/mol. The van der Waals surface area contributed by atoms with Gasteiger partial charge in [0, 0.05) is 18.5 Å². The minimum absolute atomic E-state index is 0.0548. The van der Waals surface area contributed by atoms with Gasteiger partial charge in [-0.2, -0.15) is 0 Å². The Labute approximate surface area is 109 Å². The van der Waals surface area contributed by atoms with Crippen LogP contribution >= 0.6 is 0 Å². The van der Waals surface area contributed by atoms with Gasteiger partial charge in [-0.25, -0.2) is 0 Å². The van der Waals surface area contributed by atoms with E-state index in [1.165, 1.54) is 12.8 Å². The summed E-state index contributed by atoms with van der Waals surface area (Å²) in [5.74, 6) is -0.184. The molecule has 104 valence electrons. The Balaban J connectivity index is 2.27. The lowest BCUT2D eigenvalue weighted by Crippen LogP contribution is -2.48. The Morgan fingerprint density at radius 1 is 1.22 bits per heavy atom. The average Bonchev–Trinajstić information content (AvgIpc) is 2.29. The summed E-state index contributed by atoms with van der Waals surface area (Å²) in [5, 5.41) is 8.85. The fourth-order valence-corrected chi connectivity index (χ4v) is 2.10. The maximum atomic E-state index is 11.8. The molecule has 18 heavy (non-hydrogen) atoms. The number of carbonyl (C=O) groups excluding carboxylic acids is 2. The van der Waals surface area contributed by atoms with Crippen LogP contribution in [0.15, 0.2) is 0 Å². The summed E-state index contributed by atoms with van der Waals surface area (Å²) >= 11 is 0. The molecule has 1 rings (SSSR count). The molecule has 3 N–H and O–H groups in total. The number of amides is 2. The fourth-order valence-electron chi connectivity index (χ4n) is 2.10. The molecule has 1 saturated heterocycles. The predicted molar refractivity (Wildman–Crippen MR) is 71.1 cm³/mol. The van der Waals surface area contributed by atoms with Gasteiger partial charge < -0.3 is 16.0 Å². The van der Waals surface area contributed by atoms with Gasteiger partial charge in [-0.15, -0.1) is 0 Å². The van der Waals surface area contributed by atoms with E-state index in [2.05, 4.69) is 16.0 Å². The molecule has 1 heterocycles. The molecule has 1 aliphatic heterocycles. The second-order valence-corrected chi connectivity index (χ2v) is 5.30. The molecule has 0 spiro atoms. The summed E-state index contributed by atoms with van der Waals surface area (Å²) < 4.78 is 0. The van der Waals surface area contributed by atoms with Gasteiger partial charge >= 0.3 is 0 Å². The van der Waals surface area contributed by atoms with Crippen molar-refractivity contribution in [3.05, 3.63) is 0 Å². The zero-order valence-corrected chi connectivity index (χ0v) is 11.6. The Kier molecular flexibility index (Phi) is 6.12. The smallest absolute Gasteiger partial charge is 0.242 e. The number of hydrogen-bond donors (Lipinski definition) is 3. The van der Waals surface area contributed by atoms with E-state index in [0.29, 0.717) is 6.42 Å². The molecule has 0 aliphatic carbocycles. The second-order valence-electron chi connectivity index (χ2n) is 5.30. The van der Waals surface area contributed by atoms with E-state index >= 15 is 0 Å². The Hall–Kier alpha value is -1.10. The van der Waals surface area contributed by atoms with Crippen molar-refractivity contribution >= 4 is 11.8 Å². The molecule has 1 fully saturated rings. The van der Waals surface area contributed by atoms with Crippen LogP contribution in [0.3, 0.4) is 0 Å². The lowest BCUT2D eigenvalue weighted by atomic mass is 10.0. The molecular formula is C13H25N3O2. The third kappa shape index (κ3) is 5.49. The van der Waals surface area contributed by atoms with Crippen molar-refractivity contribution < 1.29 is 9.59 Å². The monoisotopic (exact) mass is 255 g/mol. The molecule has 0 bridgehead atoms. The molecule has 5 nitrogen and oxygen atoms in total. The van der Waals surface area contributed by atoms with E-state index in [0.717, 1.165) is 13.0 Å². The van der Waals surface area contributed by atoms with Gasteiger partial charge in [0.15, 0.2) is 0 Å². The van der Waals surface area contributed by atoms with Crippen LogP contribution in [0.4, 0.5) is 0 Å². The SMILES string of the molecule is CC(C)NC(=O)C(C)NC(=O)CC1CCCCN1. The molecule has 2 amide bonds. The van der Waals surface area contributed by atoms with E-state index in [9.17, 15) is 9.59 Å². The molecular weight excluding hydrogens is 230 g/mol. The van der Waals surface area contributed by atoms with E-state index in [1.807, 2.05) is 13.8 Å². The van der Waals surface area contributed by atoms with Crippen molar-refractivity contribution in [3.63, 3.8) is 0 Å². The number of rotatable bonds is 5. The highest BCUT2D eigenvalue weighted by molar-refractivity contribution is 5.87. The summed E-state index contributed by atoms with van der Waals surface area (Å²) in [6.07, 6.45) is 3.86. The predicted octanol–water partition coefficient (Wildman–Crippen LogP) is 0.548. The van der Waals surface area contributed by atoms with Gasteiger partial charge in [0.25, 0.3) is 0 Å². The maximum Gasteiger partial charge on any atom is 0.242 e. The standard InChI is InChI=1S/C13H25N3O2/c1-9(2)15-13(18)10(3)16-12(17)8-11-6-4-5-7-14-11/h9-11,14H,4-8H2,1-3H3,(H,15,18)(H,16,17). The van der Waals surface area contributed by atoms with Gasteiger partial charge in [0.2, 0.25) is 11.8 Å². The van der Waals surface area contributed by atoms with Crippen LogP contribution in [0, 0.1) is 0 Å². The fraction of sp³-hybridized carbons (Fsp3) is 0.846. The molecule has 0 radical (unpaired) electrons. The first-order chi connectivity index (χ1) is 8.49. The summed E-state index contributed by atoms with van der Waals surface area (Å²) in [4.78, 5) is 23.4. The van der Waals surface area contributed by atoms with Crippen molar-refractivity contribution in [2.24, 2.45) is 0 Å². The third-order valence-corrected chi connectivity index (χ3v) is 3.05. The number of hydrogen-bond acceptors (Lipinski definition) is 3. The van der Waals surface area contributed by atoms with E-state index in [1.54, 1.807) is 6.92 Å². The third-order valence-electron chi connectivity index (χ3n) is 3.05. The number of piperidine rings is 1. The molecule has 0 saturated carbocycles. The largest absolute Gasteiger partial charge is 0.352 e. The van der Waals surface area contributed by atoms with E-state index in [4.69, 9.17) is 0 Å². The van der Waals surface area contributed by atoms with Crippen molar-refractivity contribution in [2.45, 2.75) is 64.6 Å². The molecule has 2 atom stereocenters. The van der Waals surface area contributed by atoms with Crippen LogP contribution < -0.4 is 16.0 Å². The van der Waals surface area contributed by atoms with Crippen LogP contribution in [-0.4, -0.2) is 36.5 Å². The topological polar surface area (TPSA) is 70.2 Å². The quantitative estimate of drug-likeness (QED) is 0.672. The second kappa shape index (κ2) is 7.36. The van der Waals surface area contributed by atoms with Crippen LogP contribution in [0.25, 0.3) is 0 Å². The van der Waals surface area contributed by atoms with Gasteiger partial charge in [-0.1, -0.05) is 6.42 Å². The van der Waals surface area contributed by atoms with Crippen LogP contribution in [0.1, 0.15) is 46.5 Å². The molecule has 1 aliphatic rings. The van der Waals surface area contributed by atoms with Crippen molar-refractivity contribution in [1.29, 1.82) is 0 Å². The van der Waals surface area contributed by atoms with E-state index in [-0.39, 0.29) is 23.9 Å². The number of carbonyl (C=O) groups is 2. The highest BCUT2D eigenvalue weighted by Gasteiger charge is 2.20. The summed E-state index contributed by atoms with van der Waals surface area (Å²) in [6.45, 7) is 6.50. The Bertz CT molecular complexity index is 286. The molecule has 2 unspecified atom stereocenters. The summed E-state index contributed by atoms with van der Waals surface area (Å²) in [5.41, 5.74) is 0. The lowest BCUT2D eigenvalue weighted by molar-refractivity contribution is -0.129. The van der Waals surface area contributed by atoms with Gasteiger partial charge in [-0.3, -0.25) is 9.59 Å². The molecule has 0 aromatic rings. The van der Waals surface area contributed by atoms with Gasteiger partial charge in [-0.05, 0) is 40.2 Å². The normalized spacial score (nSPS) is 21.4. The first kappa shape index (κ1) is 15.0. The Morgan fingerprint density at radius 2 is 1.94 bits per heavy atom. The van der Waals surface area contributed by atoms with Crippen molar-refractivity contribution in [3.8, 4) is 0 Å². The lowest BCUT2D eigenvalue weighted by Gasteiger charge is -2.23. The van der Waals surface area contributed by atoms with Crippen molar-refractivity contribution in [2.75, 3.05) is 6.54 Å². The summed E-state index contributed by atoms with van der Waals surface area (Å²) in [6, 6.07) is -0.112. The molecule has 0 aromatic heterocycles. The zero-order valence-electron chi connectivity index (χ0n) is 11.6. The highest BCUT2D eigenvalue weighted by Crippen LogP contribution is 2.09. The zero-order chi connectivity index (χ0) is 13.5. The first-order valence-corrected chi connectivity index (χ1v) is 6.82. The summed E-state index contributed by atoms with van der Waals surface area (Å²) in [7, 11) is 0. The van der Waals surface area contributed by atoms with Gasteiger partial charge in [0.05, 0.1) is 0 Å². The molecule has 5 heteroatoms. The van der Waals surface area contributed by atoms with Crippen LogP contribution in [-0.2, 0) is 9.59 Å². The van der Waals surface area contributed by atoms with Gasteiger partial charge in [0.1, 0.15) is 6.04 Å². The highest BCUT2D eigenvalue weighted by atomic mass is 16.2. The first-order valence-electron chi connectivity index (χ1n) is 6.82. The van der Waals surface area contributed by atoms with Crippen molar-refractivity contribution in [1.82, 2.24) is 16.0 Å². The van der Waals surface area contributed by atoms with E-state index < -0.39 is 6.04 Å². The van der Waals surface area contributed by atoms with Crippen LogP contribution in [0.5, 0.6) is 0 Å². The maximum absolute atomic E-state index is 11.8. The minimum atomic E-state index is -0.469. The minimum Gasteiger partial charge on any atom is -0.352 e. The Morgan fingerprint density at radius 3 is 2.50 bits per heavy atom. The molecule has 0 aromatic carbocycles. The van der Waals surface area contributed by atoms with Crippen LogP contribution in [0.2, 0.25) is 0 Å².